The average Bonchev–Trinajstić information content (AvgIpc) is 3.30. The molecule has 2 aromatic carbocycles. The van der Waals surface area contributed by atoms with Crippen molar-refractivity contribution in [1.29, 1.82) is 5.26 Å². The van der Waals surface area contributed by atoms with Gasteiger partial charge in [0.05, 0.1) is 28.3 Å². The van der Waals surface area contributed by atoms with Gasteiger partial charge in [-0.05, 0) is 42.7 Å². The van der Waals surface area contributed by atoms with Gasteiger partial charge in [0, 0.05) is 5.56 Å². The molecule has 12 heteroatoms. The second kappa shape index (κ2) is 10.3. The Morgan fingerprint density at radius 3 is 2.43 bits per heavy atom. The molecule has 37 heavy (non-hydrogen) atoms. The number of thiazole rings is 1. The standard InChI is InChI=1S/C23H15F4N5O2S.C2H6/c24-20-14(12-1-3-13(4-2-12)23(25,26)27)5-6-15-21(20)35-19(29-15)10-18-32-31-17(34-18)9-16(33)30-22(11-28)7-8-22;1-2/h1-6H,7-10H2,(H,30,33);1-2H3. The first-order valence-electron chi connectivity index (χ1n) is 11.4. The van der Waals surface area contributed by atoms with Gasteiger partial charge in [0.1, 0.15) is 22.8 Å². The molecular formula is C25H21F4N5O2S. The molecule has 5 rings (SSSR count). The molecule has 2 aromatic heterocycles. The lowest BCUT2D eigenvalue weighted by Crippen LogP contribution is -2.36. The Bertz CT molecular complexity index is 1470. The second-order valence-electron chi connectivity index (χ2n) is 8.14. The van der Waals surface area contributed by atoms with Crippen LogP contribution < -0.4 is 5.32 Å². The van der Waals surface area contributed by atoms with Gasteiger partial charge in [0.2, 0.25) is 17.7 Å². The molecule has 0 aliphatic heterocycles. The molecule has 1 N–H and O–H groups in total. The number of aromatic nitrogens is 3. The fourth-order valence-electron chi connectivity index (χ4n) is 3.54. The summed E-state index contributed by atoms with van der Waals surface area (Å²) in [5.74, 6) is -0.697. The number of nitriles is 1. The molecule has 1 saturated carbocycles. The van der Waals surface area contributed by atoms with Gasteiger partial charge in [-0.3, -0.25) is 4.79 Å². The summed E-state index contributed by atoms with van der Waals surface area (Å²) in [6.45, 7) is 4.00. The smallest absolute Gasteiger partial charge is 0.416 e. The van der Waals surface area contributed by atoms with E-state index in [9.17, 15) is 18.0 Å². The van der Waals surface area contributed by atoms with Crippen LogP contribution in [0.2, 0.25) is 0 Å². The number of fused-ring (bicyclic) bond motifs is 1. The maximum atomic E-state index is 15.2. The molecule has 192 valence electrons. The van der Waals surface area contributed by atoms with Crippen LogP contribution in [0.5, 0.6) is 0 Å². The van der Waals surface area contributed by atoms with Gasteiger partial charge in [-0.2, -0.15) is 18.4 Å². The number of halogens is 4. The second-order valence-corrected chi connectivity index (χ2v) is 9.23. The fourth-order valence-corrected chi connectivity index (χ4v) is 4.54. The van der Waals surface area contributed by atoms with Gasteiger partial charge in [-0.1, -0.05) is 26.0 Å². The number of carbonyl (C=O) groups excluding carboxylic acids is 1. The Balaban J connectivity index is 0.00000156. The van der Waals surface area contributed by atoms with Crippen LogP contribution in [0.4, 0.5) is 17.6 Å². The van der Waals surface area contributed by atoms with Gasteiger partial charge < -0.3 is 9.73 Å². The van der Waals surface area contributed by atoms with Crippen LogP contribution in [0, 0.1) is 17.1 Å². The molecule has 1 aliphatic carbocycles. The first-order chi connectivity index (χ1) is 17.7. The molecule has 1 amide bonds. The van der Waals surface area contributed by atoms with Crippen molar-refractivity contribution >= 4 is 27.5 Å². The first kappa shape index (κ1) is 26.2. The lowest BCUT2D eigenvalue weighted by Gasteiger charge is -2.08. The molecule has 0 radical (unpaired) electrons. The largest absolute Gasteiger partial charge is 0.424 e. The highest BCUT2D eigenvalue weighted by Gasteiger charge is 2.44. The van der Waals surface area contributed by atoms with Crippen LogP contribution in [-0.4, -0.2) is 26.6 Å². The van der Waals surface area contributed by atoms with E-state index in [0.29, 0.717) is 28.9 Å². The van der Waals surface area contributed by atoms with Crippen LogP contribution in [0.25, 0.3) is 21.3 Å². The number of hydrogen-bond acceptors (Lipinski definition) is 7. The van der Waals surface area contributed by atoms with Crippen molar-refractivity contribution in [3.8, 4) is 17.2 Å². The summed E-state index contributed by atoms with van der Waals surface area (Å²) in [6.07, 6.45) is -3.30. The molecule has 0 bridgehead atoms. The van der Waals surface area contributed by atoms with Crippen molar-refractivity contribution in [3.05, 3.63) is 64.6 Å². The highest BCUT2D eigenvalue weighted by atomic mass is 32.1. The predicted molar refractivity (Wildman–Crippen MR) is 128 cm³/mol. The molecule has 0 saturated heterocycles. The maximum absolute atomic E-state index is 15.2. The van der Waals surface area contributed by atoms with E-state index in [0.717, 1.165) is 23.5 Å². The summed E-state index contributed by atoms with van der Waals surface area (Å²) in [5, 5.41) is 19.9. The normalized spacial score (nSPS) is 14.0. The monoisotopic (exact) mass is 531 g/mol. The number of amides is 1. The van der Waals surface area contributed by atoms with Crippen molar-refractivity contribution < 1.29 is 26.8 Å². The number of alkyl halides is 3. The zero-order valence-electron chi connectivity index (χ0n) is 19.8. The third-order valence-corrected chi connectivity index (χ3v) is 6.59. The van der Waals surface area contributed by atoms with Crippen molar-refractivity contribution in [2.75, 3.05) is 0 Å². The van der Waals surface area contributed by atoms with Gasteiger partial charge in [-0.15, -0.1) is 21.5 Å². The fraction of sp³-hybridized carbons (Fsp3) is 0.320. The number of rotatable bonds is 6. The lowest BCUT2D eigenvalue weighted by molar-refractivity contribution is -0.137. The SMILES string of the molecule is CC.N#CC1(NC(=O)Cc2nnc(Cc3nc4ccc(-c5ccc(C(F)(F)F)cc5)c(F)c4s3)o2)CC1. The highest BCUT2D eigenvalue weighted by molar-refractivity contribution is 7.18. The molecular weight excluding hydrogens is 510 g/mol. The Labute approximate surface area is 213 Å². The summed E-state index contributed by atoms with van der Waals surface area (Å²) in [4.78, 5) is 16.4. The summed E-state index contributed by atoms with van der Waals surface area (Å²) < 4.78 is 59.4. The van der Waals surface area contributed by atoms with E-state index in [2.05, 4.69) is 26.6 Å². The summed E-state index contributed by atoms with van der Waals surface area (Å²) in [7, 11) is 0. The van der Waals surface area contributed by atoms with Crippen molar-refractivity contribution in [3.63, 3.8) is 0 Å². The molecule has 4 aromatic rings. The average molecular weight is 532 g/mol. The Morgan fingerprint density at radius 1 is 1.14 bits per heavy atom. The van der Waals surface area contributed by atoms with E-state index in [4.69, 9.17) is 9.68 Å². The van der Waals surface area contributed by atoms with Crippen molar-refractivity contribution in [2.24, 2.45) is 0 Å². The molecule has 2 heterocycles. The summed E-state index contributed by atoms with van der Waals surface area (Å²) in [5.41, 5.74) is -0.723. The van der Waals surface area contributed by atoms with Crippen LogP contribution in [0.1, 0.15) is 49.0 Å². The molecule has 1 fully saturated rings. The zero-order chi connectivity index (χ0) is 26.8. The molecule has 0 unspecified atom stereocenters. The molecule has 0 spiro atoms. The molecule has 1 aliphatic rings. The van der Waals surface area contributed by atoms with E-state index in [-0.39, 0.29) is 34.9 Å². The summed E-state index contributed by atoms with van der Waals surface area (Å²) >= 11 is 1.07. The van der Waals surface area contributed by atoms with Crippen molar-refractivity contribution in [1.82, 2.24) is 20.5 Å². The van der Waals surface area contributed by atoms with Gasteiger partial charge in [-0.25, -0.2) is 9.37 Å². The quantitative estimate of drug-likeness (QED) is 0.314. The number of nitrogens with one attached hydrogen (secondary N) is 1. The minimum absolute atomic E-state index is 0.0862. The number of carbonyl (C=O) groups is 1. The van der Waals surface area contributed by atoms with E-state index >= 15 is 4.39 Å². The number of benzene rings is 2. The minimum atomic E-state index is -4.47. The highest BCUT2D eigenvalue weighted by Crippen LogP contribution is 2.36. The third kappa shape index (κ3) is 5.77. The minimum Gasteiger partial charge on any atom is -0.424 e. The molecule has 7 nitrogen and oxygen atoms in total. The third-order valence-electron chi connectivity index (χ3n) is 5.53. The van der Waals surface area contributed by atoms with E-state index in [1.165, 1.54) is 18.2 Å². The first-order valence-corrected chi connectivity index (χ1v) is 12.3. The van der Waals surface area contributed by atoms with E-state index in [1.54, 1.807) is 6.07 Å². The van der Waals surface area contributed by atoms with Gasteiger partial charge in [0.25, 0.3) is 0 Å². The zero-order valence-corrected chi connectivity index (χ0v) is 20.6. The Kier molecular flexibility index (Phi) is 7.27. The summed E-state index contributed by atoms with van der Waals surface area (Å²) in [6, 6.07) is 9.42. The molecule has 0 atom stereocenters. The maximum Gasteiger partial charge on any atom is 0.416 e. The topological polar surface area (TPSA) is 105 Å². The van der Waals surface area contributed by atoms with Gasteiger partial charge in [0.15, 0.2) is 0 Å². The lowest BCUT2D eigenvalue weighted by atomic mass is 10.0. The predicted octanol–water partition coefficient (Wildman–Crippen LogP) is 5.84. The van der Waals surface area contributed by atoms with Crippen molar-refractivity contribution in [2.45, 2.75) is 51.2 Å². The number of nitrogens with zero attached hydrogens (tertiary/aromatic N) is 4. The van der Waals surface area contributed by atoms with Gasteiger partial charge >= 0.3 is 6.18 Å². The van der Waals surface area contributed by atoms with E-state index < -0.39 is 29.0 Å². The number of hydrogen-bond donors (Lipinski definition) is 1. The van der Waals surface area contributed by atoms with Crippen LogP contribution >= 0.6 is 11.3 Å². The van der Waals surface area contributed by atoms with Crippen LogP contribution in [-0.2, 0) is 23.8 Å². The Morgan fingerprint density at radius 2 is 1.81 bits per heavy atom. The Hall–Kier alpha value is -3.85. The van der Waals surface area contributed by atoms with Crippen LogP contribution in [0.15, 0.2) is 40.8 Å². The van der Waals surface area contributed by atoms with E-state index in [1.807, 2.05) is 13.8 Å². The van der Waals surface area contributed by atoms with Crippen LogP contribution in [0.3, 0.4) is 0 Å².